The van der Waals surface area contributed by atoms with Gasteiger partial charge in [-0.25, -0.2) is 8.78 Å². The van der Waals surface area contributed by atoms with E-state index in [1.54, 1.807) is 0 Å². The number of β-amino-alcohol motifs (C(OH)–C–C–N with tert-alkyl or cyclic N) is 1. The summed E-state index contributed by atoms with van der Waals surface area (Å²) in [6.07, 6.45) is 0.584. The number of Topliss-reactive ketones (excluding diaryl/α,β-unsaturated/α-hetero) is 1. The van der Waals surface area contributed by atoms with Crippen molar-refractivity contribution in [1.82, 2.24) is 4.90 Å². The van der Waals surface area contributed by atoms with Crippen LogP contribution in [0.1, 0.15) is 34.9 Å². The van der Waals surface area contributed by atoms with Crippen LogP contribution in [0.25, 0.3) is 0 Å². The van der Waals surface area contributed by atoms with E-state index < -0.39 is 17.7 Å². The molecule has 0 unspecified atom stereocenters. The van der Waals surface area contributed by atoms with Crippen molar-refractivity contribution in [3.8, 4) is 0 Å². The number of halogens is 2. The molecule has 0 spiro atoms. The van der Waals surface area contributed by atoms with E-state index in [2.05, 4.69) is 4.90 Å². The molecule has 1 atom stereocenters. The Hall–Kier alpha value is -2.11. The number of hydrogen-bond donors (Lipinski definition) is 1. The molecule has 0 aromatic heterocycles. The number of nitrogens with zero attached hydrogens (tertiary/aromatic N) is 1. The van der Waals surface area contributed by atoms with Crippen LogP contribution >= 0.6 is 0 Å². The van der Waals surface area contributed by atoms with Gasteiger partial charge in [0.1, 0.15) is 11.6 Å². The van der Waals surface area contributed by atoms with Crippen molar-refractivity contribution in [1.29, 1.82) is 0 Å². The predicted octanol–water partition coefficient (Wildman–Crippen LogP) is 3.59. The number of hydrogen-bond acceptors (Lipinski definition) is 3. The van der Waals surface area contributed by atoms with Crippen LogP contribution < -0.4 is 0 Å². The van der Waals surface area contributed by atoms with Gasteiger partial charge >= 0.3 is 0 Å². The zero-order valence-corrected chi connectivity index (χ0v) is 13.9. The van der Waals surface area contributed by atoms with Crippen LogP contribution in [0.4, 0.5) is 8.78 Å². The molecule has 1 N–H and O–H groups in total. The van der Waals surface area contributed by atoms with E-state index in [1.807, 2.05) is 30.3 Å². The quantitative estimate of drug-likeness (QED) is 0.842. The van der Waals surface area contributed by atoms with E-state index >= 15 is 0 Å². The molecule has 2 aromatic rings. The zero-order chi connectivity index (χ0) is 17.8. The number of carbonyl (C=O) groups is 1. The lowest BCUT2D eigenvalue weighted by Crippen LogP contribution is -2.38. The van der Waals surface area contributed by atoms with Crippen molar-refractivity contribution in [3.05, 3.63) is 71.3 Å². The van der Waals surface area contributed by atoms with Gasteiger partial charge in [-0.3, -0.25) is 4.79 Å². The number of likely N-dealkylation sites (tertiary alicyclic amines) is 1. The van der Waals surface area contributed by atoms with Crippen LogP contribution in [0.15, 0.2) is 48.5 Å². The highest BCUT2D eigenvalue weighted by atomic mass is 19.1. The number of aliphatic hydroxyl groups excluding tert-OH is 1. The molecule has 1 saturated heterocycles. The molecule has 2 aromatic carbocycles. The van der Waals surface area contributed by atoms with Gasteiger partial charge in [0.25, 0.3) is 0 Å². The number of ketones is 1. The zero-order valence-electron chi connectivity index (χ0n) is 13.9. The summed E-state index contributed by atoms with van der Waals surface area (Å²) in [5.74, 6) is -1.91. The summed E-state index contributed by atoms with van der Waals surface area (Å²) in [5, 5.41) is 10.3. The second kappa shape index (κ2) is 7.85. The number of piperidine rings is 1. The average molecular weight is 345 g/mol. The molecular formula is C20H21F2NO2. The fraction of sp³-hybridized carbons (Fsp3) is 0.350. The fourth-order valence-electron chi connectivity index (χ4n) is 3.31. The minimum absolute atomic E-state index is 0.164. The maximum absolute atomic E-state index is 13.8. The van der Waals surface area contributed by atoms with Crippen molar-refractivity contribution >= 4 is 5.78 Å². The molecule has 1 heterocycles. The smallest absolute Gasteiger partial charge is 0.169 e. The molecular weight excluding hydrogens is 324 g/mol. The van der Waals surface area contributed by atoms with Gasteiger partial charge in [0.05, 0.1) is 11.7 Å². The van der Waals surface area contributed by atoms with Gasteiger partial charge in [0, 0.05) is 12.5 Å². The Morgan fingerprint density at radius 1 is 1.12 bits per heavy atom. The molecule has 3 rings (SSSR count). The second-order valence-electron chi connectivity index (χ2n) is 6.49. The first kappa shape index (κ1) is 17.7. The monoisotopic (exact) mass is 345 g/mol. The van der Waals surface area contributed by atoms with E-state index in [-0.39, 0.29) is 17.3 Å². The molecule has 25 heavy (non-hydrogen) atoms. The number of benzene rings is 2. The summed E-state index contributed by atoms with van der Waals surface area (Å²) in [6.45, 7) is 1.80. The minimum atomic E-state index is -0.673. The van der Waals surface area contributed by atoms with Crippen LogP contribution in [0, 0.1) is 17.6 Å². The number of aliphatic hydroxyl groups is 1. The first-order valence-corrected chi connectivity index (χ1v) is 8.49. The van der Waals surface area contributed by atoms with Gasteiger partial charge in [0.2, 0.25) is 0 Å². The summed E-state index contributed by atoms with van der Waals surface area (Å²) in [7, 11) is 0. The highest BCUT2D eigenvalue weighted by Crippen LogP contribution is 2.25. The summed E-state index contributed by atoms with van der Waals surface area (Å²) in [6, 6.07) is 12.4. The van der Waals surface area contributed by atoms with E-state index in [1.165, 1.54) is 0 Å². The lowest BCUT2D eigenvalue weighted by molar-refractivity contribution is 0.0723. The molecule has 0 saturated carbocycles. The van der Waals surface area contributed by atoms with Crippen LogP contribution in [-0.4, -0.2) is 35.4 Å². The van der Waals surface area contributed by atoms with Gasteiger partial charge in [-0.1, -0.05) is 30.3 Å². The van der Waals surface area contributed by atoms with Gasteiger partial charge < -0.3 is 10.0 Å². The third-order valence-corrected chi connectivity index (χ3v) is 4.77. The maximum Gasteiger partial charge on any atom is 0.169 e. The second-order valence-corrected chi connectivity index (χ2v) is 6.49. The van der Waals surface area contributed by atoms with E-state index in [0.717, 1.165) is 23.8 Å². The van der Waals surface area contributed by atoms with Crippen molar-refractivity contribution < 1.29 is 18.7 Å². The Labute approximate surface area is 145 Å². The Morgan fingerprint density at radius 2 is 1.80 bits per heavy atom. The van der Waals surface area contributed by atoms with Crippen LogP contribution in [0.2, 0.25) is 0 Å². The number of carbonyl (C=O) groups excluding carboxylic acids is 1. The summed E-state index contributed by atoms with van der Waals surface area (Å²) >= 11 is 0. The Bertz CT molecular complexity index is 728. The summed E-state index contributed by atoms with van der Waals surface area (Å²) in [5.41, 5.74) is 0.699. The lowest BCUT2D eigenvalue weighted by atomic mass is 9.88. The highest BCUT2D eigenvalue weighted by molar-refractivity contribution is 5.98. The SMILES string of the molecule is O=C(c1cc(F)ccc1F)C1CCN(C[C@@H](O)c2ccccc2)CC1. The third kappa shape index (κ3) is 4.30. The predicted molar refractivity (Wildman–Crippen MR) is 91.3 cm³/mol. The van der Waals surface area contributed by atoms with Crippen molar-refractivity contribution in [2.24, 2.45) is 5.92 Å². The first-order valence-electron chi connectivity index (χ1n) is 8.49. The molecule has 1 aliphatic heterocycles. The molecule has 132 valence electrons. The molecule has 1 fully saturated rings. The first-order chi connectivity index (χ1) is 12.0. The minimum Gasteiger partial charge on any atom is -0.387 e. The average Bonchev–Trinajstić information content (AvgIpc) is 2.64. The Morgan fingerprint density at radius 3 is 2.48 bits per heavy atom. The van der Waals surface area contributed by atoms with Crippen molar-refractivity contribution in [2.75, 3.05) is 19.6 Å². The van der Waals surface area contributed by atoms with Crippen molar-refractivity contribution in [3.63, 3.8) is 0 Å². The van der Waals surface area contributed by atoms with Gasteiger partial charge in [-0.2, -0.15) is 0 Å². The maximum atomic E-state index is 13.8. The van der Waals surface area contributed by atoms with E-state index in [0.29, 0.717) is 32.5 Å². The third-order valence-electron chi connectivity index (χ3n) is 4.77. The lowest BCUT2D eigenvalue weighted by Gasteiger charge is -2.32. The standard InChI is InChI=1S/C20H21F2NO2/c21-16-6-7-18(22)17(12-16)20(25)15-8-10-23(11-9-15)13-19(24)14-4-2-1-3-5-14/h1-7,12,15,19,24H,8-11,13H2/t19-/m1/s1. The van der Waals surface area contributed by atoms with Gasteiger partial charge in [0.15, 0.2) is 5.78 Å². The largest absolute Gasteiger partial charge is 0.387 e. The van der Waals surface area contributed by atoms with Gasteiger partial charge in [-0.15, -0.1) is 0 Å². The molecule has 0 amide bonds. The van der Waals surface area contributed by atoms with Crippen LogP contribution in [0.5, 0.6) is 0 Å². The van der Waals surface area contributed by atoms with Gasteiger partial charge in [-0.05, 0) is 49.7 Å². The normalized spacial score (nSPS) is 17.4. The molecule has 0 aliphatic carbocycles. The Kier molecular flexibility index (Phi) is 5.56. The molecule has 5 heteroatoms. The van der Waals surface area contributed by atoms with E-state index in [9.17, 15) is 18.7 Å². The molecule has 0 bridgehead atoms. The topological polar surface area (TPSA) is 40.5 Å². The summed E-state index contributed by atoms with van der Waals surface area (Å²) in [4.78, 5) is 14.5. The molecule has 0 radical (unpaired) electrons. The molecule has 3 nitrogen and oxygen atoms in total. The van der Waals surface area contributed by atoms with E-state index in [4.69, 9.17) is 0 Å². The molecule has 1 aliphatic rings. The summed E-state index contributed by atoms with van der Waals surface area (Å²) < 4.78 is 27.1. The number of rotatable bonds is 5. The Balaban J connectivity index is 1.56. The van der Waals surface area contributed by atoms with Crippen molar-refractivity contribution in [2.45, 2.75) is 18.9 Å². The van der Waals surface area contributed by atoms with Crippen LogP contribution in [0.3, 0.4) is 0 Å². The fourth-order valence-corrected chi connectivity index (χ4v) is 3.31. The van der Waals surface area contributed by atoms with Crippen LogP contribution in [-0.2, 0) is 0 Å². The highest BCUT2D eigenvalue weighted by Gasteiger charge is 2.28.